The van der Waals surface area contributed by atoms with Crippen molar-refractivity contribution in [1.82, 2.24) is 9.80 Å². The predicted molar refractivity (Wildman–Crippen MR) is 71.2 cm³/mol. The van der Waals surface area contributed by atoms with Crippen LogP contribution in [0.25, 0.3) is 0 Å². The molecule has 19 heavy (non-hydrogen) atoms. The number of carbonyl (C=O) groups excluding carboxylic acids is 2. The fourth-order valence-electron chi connectivity index (χ4n) is 3.11. The molecule has 100 valence electrons. The van der Waals surface area contributed by atoms with Gasteiger partial charge in [0, 0.05) is 0 Å². The van der Waals surface area contributed by atoms with E-state index in [1.54, 1.807) is 0 Å². The number of piperazine rings is 1. The van der Waals surface area contributed by atoms with Crippen LogP contribution in [0.1, 0.15) is 24.8 Å². The number of hydrogen-bond acceptors (Lipinski definition) is 3. The van der Waals surface area contributed by atoms with E-state index in [2.05, 4.69) is 0 Å². The molecule has 2 atom stereocenters. The van der Waals surface area contributed by atoms with Crippen LogP contribution in [0.15, 0.2) is 30.3 Å². The molecule has 2 bridgehead atoms. The monoisotopic (exact) mass is 258 g/mol. The van der Waals surface area contributed by atoms with Crippen LogP contribution in [-0.4, -0.2) is 40.7 Å². The maximum absolute atomic E-state index is 12.4. The Morgan fingerprint density at radius 3 is 2.21 bits per heavy atom. The maximum atomic E-state index is 12.4. The molecule has 2 unspecified atom stereocenters. The zero-order valence-electron chi connectivity index (χ0n) is 11.1. The second kappa shape index (κ2) is 4.78. The highest BCUT2D eigenvalue weighted by atomic mass is 16.2. The number of amides is 2. The summed E-state index contributed by atoms with van der Waals surface area (Å²) in [5, 5.41) is 0. The highest BCUT2D eigenvalue weighted by Crippen LogP contribution is 2.29. The van der Waals surface area contributed by atoms with E-state index in [-0.39, 0.29) is 23.9 Å². The van der Waals surface area contributed by atoms with Crippen molar-refractivity contribution in [2.24, 2.45) is 0 Å². The smallest absolute Gasteiger partial charge is 0.246 e. The van der Waals surface area contributed by atoms with E-state index < -0.39 is 0 Å². The van der Waals surface area contributed by atoms with E-state index in [0.717, 1.165) is 24.8 Å². The molecule has 2 fully saturated rings. The number of benzene rings is 1. The van der Waals surface area contributed by atoms with Crippen molar-refractivity contribution in [2.75, 3.05) is 7.05 Å². The molecule has 4 heteroatoms. The van der Waals surface area contributed by atoms with Crippen LogP contribution in [0.3, 0.4) is 0 Å². The molecule has 2 saturated heterocycles. The van der Waals surface area contributed by atoms with Crippen molar-refractivity contribution >= 4 is 11.8 Å². The largest absolute Gasteiger partial charge is 0.283 e. The summed E-state index contributed by atoms with van der Waals surface area (Å²) in [6.07, 6.45) is 2.70. The SMILES string of the molecule is CN1C2CCCC1C(=O)N(Cc1ccccc1)C2=O. The standard InChI is InChI=1S/C15H18N2O2/c1-16-12-8-5-9-13(16)15(19)17(14(12)18)10-11-6-3-2-4-7-11/h2-4,6-7,12-13H,5,8-10H2,1H3. The fourth-order valence-corrected chi connectivity index (χ4v) is 3.11. The Balaban J connectivity index is 1.85. The molecule has 2 amide bonds. The van der Waals surface area contributed by atoms with Crippen molar-refractivity contribution in [1.29, 1.82) is 0 Å². The van der Waals surface area contributed by atoms with Gasteiger partial charge in [-0.05, 0) is 31.9 Å². The number of carbonyl (C=O) groups is 2. The highest BCUT2D eigenvalue weighted by molar-refractivity contribution is 6.03. The first-order valence-corrected chi connectivity index (χ1v) is 6.79. The highest BCUT2D eigenvalue weighted by Gasteiger charge is 2.46. The molecule has 2 aliphatic heterocycles. The molecule has 1 aromatic rings. The van der Waals surface area contributed by atoms with Crippen molar-refractivity contribution in [3.63, 3.8) is 0 Å². The van der Waals surface area contributed by atoms with E-state index in [0.29, 0.717) is 6.54 Å². The summed E-state index contributed by atoms with van der Waals surface area (Å²) in [6.45, 7) is 0.402. The van der Waals surface area contributed by atoms with Crippen molar-refractivity contribution in [3.05, 3.63) is 35.9 Å². The average molecular weight is 258 g/mol. The minimum Gasteiger partial charge on any atom is -0.283 e. The minimum atomic E-state index is -0.111. The molecule has 0 spiro atoms. The predicted octanol–water partition coefficient (Wildman–Crippen LogP) is 1.41. The molecule has 0 aliphatic carbocycles. The summed E-state index contributed by atoms with van der Waals surface area (Å²) in [6, 6.07) is 9.48. The van der Waals surface area contributed by atoms with Crippen LogP contribution in [0.2, 0.25) is 0 Å². The molecule has 2 heterocycles. The van der Waals surface area contributed by atoms with Gasteiger partial charge in [0.15, 0.2) is 0 Å². The first-order chi connectivity index (χ1) is 9.18. The molecule has 0 aromatic heterocycles. The third-order valence-electron chi connectivity index (χ3n) is 4.22. The van der Waals surface area contributed by atoms with Crippen LogP contribution < -0.4 is 0 Å². The molecule has 4 nitrogen and oxygen atoms in total. The van der Waals surface area contributed by atoms with Gasteiger partial charge in [0.1, 0.15) is 0 Å². The summed E-state index contributed by atoms with van der Waals surface area (Å²) in [4.78, 5) is 28.3. The molecular formula is C15H18N2O2. The minimum absolute atomic E-state index is 0.0349. The van der Waals surface area contributed by atoms with E-state index in [1.807, 2.05) is 42.3 Å². The van der Waals surface area contributed by atoms with Gasteiger partial charge in [-0.25, -0.2) is 0 Å². The number of nitrogens with zero attached hydrogens (tertiary/aromatic N) is 2. The fraction of sp³-hybridized carbons (Fsp3) is 0.467. The molecule has 3 rings (SSSR count). The lowest BCUT2D eigenvalue weighted by Gasteiger charge is -2.45. The van der Waals surface area contributed by atoms with Gasteiger partial charge in [-0.15, -0.1) is 0 Å². The van der Waals surface area contributed by atoms with Gasteiger partial charge < -0.3 is 0 Å². The number of likely N-dealkylation sites (tertiary alicyclic amines) is 1. The topological polar surface area (TPSA) is 40.6 Å². The van der Waals surface area contributed by atoms with E-state index >= 15 is 0 Å². The van der Waals surface area contributed by atoms with Gasteiger partial charge in [-0.2, -0.15) is 0 Å². The average Bonchev–Trinajstić information content (AvgIpc) is 2.43. The van der Waals surface area contributed by atoms with Gasteiger partial charge >= 0.3 is 0 Å². The lowest BCUT2D eigenvalue weighted by Crippen LogP contribution is -2.64. The van der Waals surface area contributed by atoms with Gasteiger partial charge in [0.25, 0.3) is 0 Å². The number of hydrogen-bond donors (Lipinski definition) is 0. The lowest BCUT2D eigenvalue weighted by atomic mass is 9.90. The third-order valence-corrected chi connectivity index (χ3v) is 4.22. The Kier molecular flexibility index (Phi) is 3.11. The zero-order chi connectivity index (χ0) is 13.4. The quantitative estimate of drug-likeness (QED) is 0.753. The Morgan fingerprint density at radius 1 is 1.05 bits per heavy atom. The summed E-state index contributed by atoms with van der Waals surface area (Å²) in [5.41, 5.74) is 1.01. The Morgan fingerprint density at radius 2 is 1.63 bits per heavy atom. The van der Waals surface area contributed by atoms with Crippen LogP contribution in [0.5, 0.6) is 0 Å². The van der Waals surface area contributed by atoms with Gasteiger partial charge in [-0.3, -0.25) is 19.4 Å². The van der Waals surface area contributed by atoms with Crippen molar-refractivity contribution in [2.45, 2.75) is 37.9 Å². The molecule has 1 aromatic carbocycles. The Labute approximate surface area is 113 Å². The Bertz CT molecular complexity index is 476. The molecule has 2 aliphatic rings. The number of imide groups is 1. The number of likely N-dealkylation sites (N-methyl/N-ethyl adjacent to an activating group) is 1. The number of fused-ring (bicyclic) bond motifs is 2. The van der Waals surface area contributed by atoms with Crippen molar-refractivity contribution in [3.8, 4) is 0 Å². The summed E-state index contributed by atoms with van der Waals surface area (Å²) in [7, 11) is 1.89. The van der Waals surface area contributed by atoms with E-state index in [1.165, 1.54) is 4.90 Å². The molecular weight excluding hydrogens is 240 g/mol. The lowest BCUT2D eigenvalue weighted by molar-refractivity contribution is -0.163. The zero-order valence-corrected chi connectivity index (χ0v) is 11.1. The second-order valence-corrected chi connectivity index (χ2v) is 5.38. The van der Waals surface area contributed by atoms with E-state index in [9.17, 15) is 9.59 Å². The number of piperidine rings is 1. The van der Waals surface area contributed by atoms with Gasteiger partial charge in [0.05, 0.1) is 18.6 Å². The second-order valence-electron chi connectivity index (χ2n) is 5.38. The molecule has 0 radical (unpaired) electrons. The van der Waals surface area contributed by atoms with Crippen LogP contribution >= 0.6 is 0 Å². The number of rotatable bonds is 2. The van der Waals surface area contributed by atoms with Gasteiger partial charge in [0.2, 0.25) is 11.8 Å². The van der Waals surface area contributed by atoms with Crippen LogP contribution in [0, 0.1) is 0 Å². The summed E-state index contributed by atoms with van der Waals surface area (Å²) >= 11 is 0. The van der Waals surface area contributed by atoms with Crippen LogP contribution in [-0.2, 0) is 16.1 Å². The van der Waals surface area contributed by atoms with Crippen molar-refractivity contribution < 1.29 is 9.59 Å². The summed E-state index contributed by atoms with van der Waals surface area (Å²) in [5.74, 6) is -0.0698. The first kappa shape index (κ1) is 12.4. The van der Waals surface area contributed by atoms with E-state index in [4.69, 9.17) is 0 Å². The molecule has 0 saturated carbocycles. The van der Waals surface area contributed by atoms with Crippen LogP contribution in [0.4, 0.5) is 0 Å². The first-order valence-electron chi connectivity index (χ1n) is 6.79. The maximum Gasteiger partial charge on any atom is 0.246 e. The summed E-state index contributed by atoms with van der Waals surface area (Å²) < 4.78 is 0. The normalized spacial score (nSPS) is 27.7. The Hall–Kier alpha value is -1.68. The van der Waals surface area contributed by atoms with Gasteiger partial charge in [-0.1, -0.05) is 30.3 Å². The third kappa shape index (κ3) is 2.06. The molecule has 0 N–H and O–H groups in total.